The second kappa shape index (κ2) is 11.4. The Balaban J connectivity index is 1.68. The van der Waals surface area contributed by atoms with E-state index in [1.54, 1.807) is 60.7 Å². The molecule has 0 radical (unpaired) electrons. The maximum Gasteiger partial charge on any atom is 0.412 e. The number of para-hydroxylation sites is 1. The van der Waals surface area contributed by atoms with Crippen molar-refractivity contribution in [2.45, 2.75) is 12.2 Å². The van der Waals surface area contributed by atoms with Gasteiger partial charge in [-0.25, -0.2) is 9.59 Å². The van der Waals surface area contributed by atoms with Crippen molar-refractivity contribution in [1.82, 2.24) is 0 Å². The Hall–Kier alpha value is -3.70. The molecule has 0 fully saturated rings. The van der Waals surface area contributed by atoms with Gasteiger partial charge in [0.15, 0.2) is 23.7 Å². The number of halogens is 2. The molecule has 3 aromatic carbocycles. The molecule has 186 valence electrons. The summed E-state index contributed by atoms with van der Waals surface area (Å²) < 4.78 is 23.2. The van der Waals surface area contributed by atoms with Crippen LogP contribution in [0.1, 0.15) is 11.7 Å². The fraction of sp³-hybridized carbons (Fsp3) is 0.120. The Morgan fingerprint density at radius 3 is 2.53 bits per heavy atom. The molecule has 0 spiro atoms. The normalized spacial score (nSPS) is 13.7. The lowest BCUT2D eigenvalue weighted by Crippen LogP contribution is -2.30. The minimum Gasteiger partial charge on any atom is -0.506 e. The highest BCUT2D eigenvalue weighted by Gasteiger charge is 2.31. The molecule has 0 aliphatic carbocycles. The lowest BCUT2D eigenvalue weighted by molar-refractivity contribution is -0.131. The van der Waals surface area contributed by atoms with E-state index in [2.05, 4.69) is 37.2 Å². The standard InChI is InChI=1S/C25H19Br2NO8/c26-14-10-17(23(31)18(27)11-14)24(20(8-9-22(29)30)35-16-4-2-1-3-5-16)36-25(32)28-15-6-7-19-21(12-15)34-13-33-19/h1-12,20,24,31H,13H2,(H,28,32)(H,29,30)/b9-8+/t20-,24-/m1/s1. The molecule has 1 amide bonds. The number of amides is 1. The molecule has 1 aliphatic heterocycles. The van der Waals surface area contributed by atoms with Crippen LogP contribution in [0.5, 0.6) is 23.0 Å². The van der Waals surface area contributed by atoms with Crippen LogP contribution >= 0.6 is 31.9 Å². The van der Waals surface area contributed by atoms with Crippen LogP contribution in [0.4, 0.5) is 10.5 Å². The molecule has 0 saturated carbocycles. The van der Waals surface area contributed by atoms with Crippen molar-refractivity contribution in [3.05, 3.63) is 87.3 Å². The summed E-state index contributed by atoms with van der Waals surface area (Å²) in [5.41, 5.74) is 0.553. The molecule has 4 rings (SSSR count). The number of ether oxygens (including phenoxy) is 4. The predicted molar refractivity (Wildman–Crippen MR) is 137 cm³/mol. The van der Waals surface area contributed by atoms with Gasteiger partial charge in [0.2, 0.25) is 6.79 Å². The first-order valence-corrected chi connectivity index (χ1v) is 12.1. The molecule has 1 heterocycles. The quantitative estimate of drug-likeness (QED) is 0.261. The Kier molecular flexibility index (Phi) is 8.01. The summed E-state index contributed by atoms with van der Waals surface area (Å²) in [7, 11) is 0. The van der Waals surface area contributed by atoms with Crippen LogP contribution in [0.3, 0.4) is 0 Å². The Labute approximate surface area is 222 Å². The molecule has 3 aromatic rings. The number of hydrogen-bond acceptors (Lipinski definition) is 7. The minimum atomic E-state index is -1.26. The Bertz CT molecular complexity index is 1300. The van der Waals surface area contributed by atoms with Crippen molar-refractivity contribution >= 4 is 49.6 Å². The zero-order valence-electron chi connectivity index (χ0n) is 18.4. The van der Waals surface area contributed by atoms with Crippen LogP contribution in [0.2, 0.25) is 0 Å². The van der Waals surface area contributed by atoms with E-state index in [-0.39, 0.29) is 18.1 Å². The van der Waals surface area contributed by atoms with E-state index in [0.717, 1.165) is 6.08 Å². The van der Waals surface area contributed by atoms with Gasteiger partial charge in [0.05, 0.1) is 4.47 Å². The smallest absolute Gasteiger partial charge is 0.412 e. The van der Waals surface area contributed by atoms with Gasteiger partial charge in [-0.3, -0.25) is 5.32 Å². The van der Waals surface area contributed by atoms with Crippen molar-refractivity contribution in [2.75, 3.05) is 12.1 Å². The highest BCUT2D eigenvalue weighted by atomic mass is 79.9. The zero-order chi connectivity index (χ0) is 25.7. The van der Waals surface area contributed by atoms with Gasteiger partial charge >= 0.3 is 12.1 Å². The predicted octanol–water partition coefficient (Wildman–Crippen LogP) is 6.02. The second-order valence-electron chi connectivity index (χ2n) is 7.44. The van der Waals surface area contributed by atoms with E-state index in [0.29, 0.717) is 31.9 Å². The summed E-state index contributed by atoms with van der Waals surface area (Å²) >= 11 is 6.64. The van der Waals surface area contributed by atoms with Crippen LogP contribution in [0, 0.1) is 0 Å². The highest BCUT2D eigenvalue weighted by Crippen LogP contribution is 2.40. The summed E-state index contributed by atoms with van der Waals surface area (Å²) in [4.78, 5) is 24.3. The first kappa shape index (κ1) is 25.4. The van der Waals surface area contributed by atoms with Gasteiger partial charge in [-0.05, 0) is 58.4 Å². The van der Waals surface area contributed by atoms with E-state index < -0.39 is 24.3 Å². The summed E-state index contributed by atoms with van der Waals surface area (Å²) in [5, 5.41) is 22.6. The number of phenolic OH excluding ortho intramolecular Hbond substituents is 1. The van der Waals surface area contributed by atoms with E-state index >= 15 is 0 Å². The molecule has 1 aliphatic rings. The number of anilines is 1. The number of carbonyl (C=O) groups is 2. The van der Waals surface area contributed by atoms with Crippen LogP contribution in [0.25, 0.3) is 0 Å². The summed E-state index contributed by atoms with van der Waals surface area (Å²) in [6, 6.07) is 16.6. The van der Waals surface area contributed by atoms with Crippen LogP contribution in [-0.2, 0) is 9.53 Å². The zero-order valence-corrected chi connectivity index (χ0v) is 21.6. The maximum atomic E-state index is 13.0. The molecule has 0 bridgehead atoms. The topological polar surface area (TPSA) is 124 Å². The van der Waals surface area contributed by atoms with Gasteiger partial charge in [0, 0.05) is 27.9 Å². The number of carbonyl (C=O) groups excluding carboxylic acids is 1. The number of aliphatic carboxylic acids is 1. The van der Waals surface area contributed by atoms with Gasteiger partial charge in [-0.2, -0.15) is 0 Å². The monoisotopic (exact) mass is 619 g/mol. The lowest BCUT2D eigenvalue weighted by Gasteiger charge is -2.27. The molecule has 0 unspecified atom stereocenters. The van der Waals surface area contributed by atoms with Crippen molar-refractivity contribution in [1.29, 1.82) is 0 Å². The van der Waals surface area contributed by atoms with Gasteiger partial charge in [0.1, 0.15) is 11.5 Å². The number of carboxylic acids is 1. The number of fused-ring (bicyclic) bond motifs is 1. The largest absolute Gasteiger partial charge is 0.506 e. The highest BCUT2D eigenvalue weighted by molar-refractivity contribution is 9.11. The average Bonchev–Trinajstić information content (AvgIpc) is 3.31. The van der Waals surface area contributed by atoms with E-state index in [1.807, 2.05) is 0 Å². The number of phenols is 1. The summed E-state index contributed by atoms with van der Waals surface area (Å²) in [6.45, 7) is 0.0801. The van der Waals surface area contributed by atoms with Crippen molar-refractivity contribution in [3.8, 4) is 23.0 Å². The van der Waals surface area contributed by atoms with E-state index in [1.165, 1.54) is 6.08 Å². The number of aromatic hydroxyl groups is 1. The van der Waals surface area contributed by atoms with E-state index in [9.17, 15) is 19.8 Å². The summed E-state index contributed by atoms with van der Waals surface area (Å²) in [6.07, 6.45) is -1.15. The molecular weight excluding hydrogens is 602 g/mol. The second-order valence-corrected chi connectivity index (χ2v) is 9.21. The molecule has 2 atom stereocenters. The molecule has 9 nitrogen and oxygen atoms in total. The summed E-state index contributed by atoms with van der Waals surface area (Å²) in [5.74, 6) is -0.0152. The fourth-order valence-electron chi connectivity index (χ4n) is 3.38. The van der Waals surface area contributed by atoms with Crippen LogP contribution in [-0.4, -0.2) is 35.2 Å². The van der Waals surface area contributed by atoms with Crippen molar-refractivity contribution in [2.24, 2.45) is 0 Å². The number of rotatable bonds is 8. The van der Waals surface area contributed by atoms with Gasteiger partial charge in [-0.15, -0.1) is 0 Å². The number of carboxylic acid groups (broad SMARTS) is 1. The Morgan fingerprint density at radius 2 is 1.78 bits per heavy atom. The first-order chi connectivity index (χ1) is 17.3. The van der Waals surface area contributed by atoms with Crippen LogP contribution in [0.15, 0.2) is 81.8 Å². The number of nitrogens with one attached hydrogen (secondary N) is 1. The molecule has 3 N–H and O–H groups in total. The molecule has 0 saturated heterocycles. The third-order valence-electron chi connectivity index (χ3n) is 4.96. The number of benzene rings is 3. The SMILES string of the molecule is O=C(O)/C=C/[C@@H](Oc1ccccc1)[C@H](OC(=O)Nc1ccc2c(c1)OCO2)c1cc(Br)cc(Br)c1O. The minimum absolute atomic E-state index is 0.0801. The number of hydrogen-bond donors (Lipinski definition) is 3. The molecule has 0 aromatic heterocycles. The van der Waals surface area contributed by atoms with Crippen molar-refractivity contribution < 1.29 is 38.7 Å². The third kappa shape index (κ3) is 6.29. The third-order valence-corrected chi connectivity index (χ3v) is 6.02. The molecular formula is C25H19Br2NO8. The van der Waals surface area contributed by atoms with Crippen molar-refractivity contribution in [3.63, 3.8) is 0 Å². The van der Waals surface area contributed by atoms with Gasteiger partial charge in [-0.1, -0.05) is 34.1 Å². The first-order valence-electron chi connectivity index (χ1n) is 10.5. The van der Waals surface area contributed by atoms with Gasteiger partial charge < -0.3 is 29.2 Å². The molecule has 11 heteroatoms. The fourth-order valence-corrected chi connectivity index (χ4v) is 4.64. The average molecular weight is 621 g/mol. The Morgan fingerprint density at radius 1 is 1.03 bits per heavy atom. The van der Waals surface area contributed by atoms with E-state index in [4.69, 9.17) is 18.9 Å². The molecule has 36 heavy (non-hydrogen) atoms. The maximum absolute atomic E-state index is 13.0. The van der Waals surface area contributed by atoms with Crippen LogP contribution < -0.4 is 19.5 Å². The lowest BCUT2D eigenvalue weighted by atomic mass is 10.0. The van der Waals surface area contributed by atoms with Gasteiger partial charge in [0.25, 0.3) is 0 Å².